The molecule has 0 aliphatic carbocycles. The Morgan fingerprint density at radius 3 is 2.61 bits per heavy atom. The first-order valence-corrected chi connectivity index (χ1v) is 5.63. The van der Waals surface area contributed by atoms with Gasteiger partial charge < -0.3 is 10.4 Å². The minimum atomic E-state index is -0.991. The molecule has 0 saturated heterocycles. The first kappa shape index (κ1) is 12.6. The molecule has 2 aromatic rings. The van der Waals surface area contributed by atoms with Crippen molar-refractivity contribution >= 4 is 23.1 Å². The van der Waals surface area contributed by atoms with E-state index >= 15 is 0 Å². The van der Waals surface area contributed by atoms with Crippen LogP contribution in [-0.2, 0) is 0 Å². The van der Waals surface area contributed by atoms with Crippen LogP contribution in [0.1, 0.15) is 11.8 Å². The molecule has 0 spiro atoms. The Morgan fingerprint density at radius 2 is 1.94 bits per heavy atom. The van der Waals surface area contributed by atoms with Crippen molar-refractivity contribution in [2.24, 2.45) is 0 Å². The maximum Gasteiger partial charge on any atom is 0.154 e. The summed E-state index contributed by atoms with van der Waals surface area (Å²) in [6, 6.07) is 10.2. The molecule has 1 aromatic carbocycles. The van der Waals surface area contributed by atoms with Gasteiger partial charge in [-0.1, -0.05) is 29.8 Å². The fraction of sp³-hybridized carbons (Fsp3) is 0.0833. The second-order valence-corrected chi connectivity index (χ2v) is 4.04. The summed E-state index contributed by atoms with van der Waals surface area (Å²) in [5.74, 6) is 0.486. The lowest BCUT2D eigenvalue weighted by Crippen LogP contribution is -2.12. The van der Waals surface area contributed by atoms with E-state index in [-0.39, 0.29) is 0 Å². The number of hydrogen-bond acceptors (Lipinski definition) is 5. The summed E-state index contributed by atoms with van der Waals surface area (Å²) in [7, 11) is 0. The zero-order valence-corrected chi connectivity index (χ0v) is 10.1. The molecular formula is C12H12ClN3O2. The first-order chi connectivity index (χ1) is 8.70. The number of anilines is 2. The van der Waals surface area contributed by atoms with Gasteiger partial charge in [-0.3, -0.25) is 10.7 Å². The van der Waals surface area contributed by atoms with E-state index in [2.05, 4.69) is 10.3 Å². The van der Waals surface area contributed by atoms with Crippen LogP contribution in [0.4, 0.5) is 11.5 Å². The van der Waals surface area contributed by atoms with E-state index in [1.165, 1.54) is 6.20 Å². The van der Waals surface area contributed by atoms with Crippen LogP contribution in [0.5, 0.6) is 0 Å². The zero-order valence-electron chi connectivity index (χ0n) is 9.34. The van der Waals surface area contributed by atoms with Crippen LogP contribution >= 0.6 is 11.6 Å². The molecule has 0 fully saturated rings. The van der Waals surface area contributed by atoms with Crippen LogP contribution in [0.15, 0.2) is 42.6 Å². The van der Waals surface area contributed by atoms with Gasteiger partial charge in [0.2, 0.25) is 0 Å². The highest BCUT2D eigenvalue weighted by Crippen LogP contribution is 2.23. The predicted octanol–water partition coefficient (Wildman–Crippen LogP) is 2.64. The SMILES string of the molecule is ONc1ccccc1C(O)Nc1ccc(Cl)cn1. The highest BCUT2D eigenvalue weighted by atomic mass is 35.5. The summed E-state index contributed by atoms with van der Waals surface area (Å²) in [5.41, 5.74) is 2.96. The van der Waals surface area contributed by atoms with Crippen LogP contribution in [0.25, 0.3) is 0 Å². The van der Waals surface area contributed by atoms with Gasteiger partial charge >= 0.3 is 0 Å². The van der Waals surface area contributed by atoms with Gasteiger partial charge in [-0.25, -0.2) is 4.98 Å². The Balaban J connectivity index is 2.16. The van der Waals surface area contributed by atoms with E-state index in [1.807, 2.05) is 5.48 Å². The summed E-state index contributed by atoms with van der Waals surface area (Å²) in [6.45, 7) is 0. The molecular weight excluding hydrogens is 254 g/mol. The number of aliphatic hydroxyl groups excluding tert-OH is 1. The fourth-order valence-electron chi connectivity index (χ4n) is 1.52. The number of nitrogens with one attached hydrogen (secondary N) is 2. The second-order valence-electron chi connectivity index (χ2n) is 3.61. The molecule has 0 radical (unpaired) electrons. The van der Waals surface area contributed by atoms with Crippen molar-refractivity contribution in [1.29, 1.82) is 0 Å². The number of pyridine rings is 1. The van der Waals surface area contributed by atoms with Crippen molar-refractivity contribution in [2.45, 2.75) is 6.23 Å². The van der Waals surface area contributed by atoms with E-state index in [1.54, 1.807) is 36.4 Å². The van der Waals surface area contributed by atoms with Crippen molar-refractivity contribution in [1.82, 2.24) is 4.98 Å². The summed E-state index contributed by atoms with van der Waals surface area (Å²) >= 11 is 5.72. The monoisotopic (exact) mass is 265 g/mol. The Morgan fingerprint density at radius 1 is 1.17 bits per heavy atom. The molecule has 6 heteroatoms. The molecule has 0 bridgehead atoms. The molecule has 18 heavy (non-hydrogen) atoms. The molecule has 0 aliphatic rings. The quantitative estimate of drug-likeness (QED) is 0.505. The normalized spacial score (nSPS) is 11.9. The van der Waals surface area contributed by atoms with E-state index < -0.39 is 6.23 Å². The van der Waals surface area contributed by atoms with Gasteiger partial charge in [-0.05, 0) is 18.2 Å². The van der Waals surface area contributed by atoms with Crippen LogP contribution in [0.2, 0.25) is 5.02 Å². The molecule has 0 saturated carbocycles. The number of hydrogen-bond donors (Lipinski definition) is 4. The molecule has 94 valence electrons. The topological polar surface area (TPSA) is 77.4 Å². The molecule has 4 N–H and O–H groups in total. The molecule has 1 heterocycles. The molecule has 0 amide bonds. The largest absolute Gasteiger partial charge is 0.369 e. The molecule has 1 unspecified atom stereocenters. The number of nitrogens with zero attached hydrogens (tertiary/aromatic N) is 1. The molecule has 2 rings (SSSR count). The van der Waals surface area contributed by atoms with Crippen LogP contribution < -0.4 is 10.8 Å². The Kier molecular flexibility index (Phi) is 3.99. The lowest BCUT2D eigenvalue weighted by molar-refractivity contribution is 0.207. The lowest BCUT2D eigenvalue weighted by Gasteiger charge is -2.16. The minimum Gasteiger partial charge on any atom is -0.369 e. The molecule has 5 nitrogen and oxygen atoms in total. The summed E-state index contributed by atoms with van der Waals surface area (Å²) in [6.07, 6.45) is 0.488. The van der Waals surface area contributed by atoms with Gasteiger partial charge in [0.1, 0.15) is 5.82 Å². The smallest absolute Gasteiger partial charge is 0.154 e. The second kappa shape index (κ2) is 5.68. The zero-order chi connectivity index (χ0) is 13.0. The Bertz CT molecular complexity index is 519. The van der Waals surface area contributed by atoms with E-state index in [0.717, 1.165) is 0 Å². The third kappa shape index (κ3) is 2.89. The van der Waals surface area contributed by atoms with Crippen LogP contribution in [0, 0.1) is 0 Å². The maximum absolute atomic E-state index is 10.0. The number of benzene rings is 1. The van der Waals surface area contributed by atoms with Crippen LogP contribution in [0.3, 0.4) is 0 Å². The van der Waals surface area contributed by atoms with E-state index in [0.29, 0.717) is 22.1 Å². The van der Waals surface area contributed by atoms with Gasteiger partial charge in [-0.2, -0.15) is 0 Å². The van der Waals surface area contributed by atoms with Crippen molar-refractivity contribution < 1.29 is 10.3 Å². The number of aromatic nitrogens is 1. The molecule has 1 atom stereocenters. The van der Waals surface area contributed by atoms with Gasteiger partial charge in [0.15, 0.2) is 6.23 Å². The number of para-hydroxylation sites is 1. The van der Waals surface area contributed by atoms with Crippen molar-refractivity contribution in [2.75, 3.05) is 10.8 Å². The number of halogens is 1. The van der Waals surface area contributed by atoms with Crippen LogP contribution in [-0.4, -0.2) is 15.3 Å². The first-order valence-electron chi connectivity index (χ1n) is 5.26. The summed E-state index contributed by atoms with van der Waals surface area (Å²) in [4.78, 5) is 4.01. The van der Waals surface area contributed by atoms with E-state index in [4.69, 9.17) is 16.8 Å². The van der Waals surface area contributed by atoms with E-state index in [9.17, 15) is 5.11 Å². The summed E-state index contributed by atoms with van der Waals surface area (Å²) in [5, 5.41) is 22.3. The standard InChI is InChI=1S/C12H12ClN3O2/c13-8-5-6-11(14-7-8)15-12(17)9-3-1-2-4-10(9)16-18/h1-7,12,16-18H,(H,14,15). The summed E-state index contributed by atoms with van der Waals surface area (Å²) < 4.78 is 0. The third-order valence-electron chi connectivity index (χ3n) is 2.39. The van der Waals surface area contributed by atoms with Gasteiger partial charge in [0.25, 0.3) is 0 Å². The number of rotatable bonds is 4. The van der Waals surface area contributed by atoms with Gasteiger partial charge in [0, 0.05) is 11.8 Å². The van der Waals surface area contributed by atoms with Crippen molar-refractivity contribution in [3.63, 3.8) is 0 Å². The number of aliphatic hydroxyl groups is 1. The average molecular weight is 266 g/mol. The Labute approximate surface area is 109 Å². The van der Waals surface area contributed by atoms with Crippen molar-refractivity contribution in [3.8, 4) is 0 Å². The Hall–Kier alpha value is -1.82. The molecule has 1 aromatic heterocycles. The van der Waals surface area contributed by atoms with Crippen molar-refractivity contribution in [3.05, 3.63) is 53.2 Å². The average Bonchev–Trinajstić information content (AvgIpc) is 2.41. The lowest BCUT2D eigenvalue weighted by atomic mass is 10.1. The minimum absolute atomic E-state index is 0.423. The maximum atomic E-state index is 10.0. The highest BCUT2D eigenvalue weighted by molar-refractivity contribution is 6.30. The predicted molar refractivity (Wildman–Crippen MR) is 69.7 cm³/mol. The fourth-order valence-corrected chi connectivity index (χ4v) is 1.63. The third-order valence-corrected chi connectivity index (χ3v) is 2.61. The molecule has 0 aliphatic heterocycles. The van der Waals surface area contributed by atoms with Gasteiger partial charge in [-0.15, -0.1) is 0 Å². The van der Waals surface area contributed by atoms with Gasteiger partial charge in [0.05, 0.1) is 10.7 Å². The highest BCUT2D eigenvalue weighted by Gasteiger charge is 2.11.